The lowest BCUT2D eigenvalue weighted by Gasteiger charge is -2.25. The van der Waals surface area contributed by atoms with Crippen LogP contribution in [-0.4, -0.2) is 33.4 Å². The zero-order chi connectivity index (χ0) is 19.2. The Balaban J connectivity index is 0.000000659. The van der Waals surface area contributed by atoms with Crippen LogP contribution in [0.15, 0.2) is 30.6 Å². The van der Waals surface area contributed by atoms with E-state index in [0.717, 1.165) is 48.4 Å². The number of aromatic nitrogens is 2. The number of nitrogens with zero attached hydrogens (tertiary/aromatic N) is 1. The molecule has 0 radical (unpaired) electrons. The number of hydrogen-bond donors (Lipinski definition) is 4. The van der Waals surface area contributed by atoms with Gasteiger partial charge in [0.05, 0.1) is 5.92 Å². The van der Waals surface area contributed by atoms with E-state index in [4.69, 9.17) is 9.90 Å². The van der Waals surface area contributed by atoms with E-state index in [1.54, 1.807) is 12.4 Å². The van der Waals surface area contributed by atoms with Crippen LogP contribution in [0, 0.1) is 5.92 Å². The predicted octanol–water partition coefficient (Wildman–Crippen LogP) is 2.71. The first-order valence-electron chi connectivity index (χ1n) is 8.94. The number of amides is 2. The van der Waals surface area contributed by atoms with Gasteiger partial charge in [-0.1, -0.05) is 18.9 Å². The second kappa shape index (κ2) is 8.48. The molecule has 0 bridgehead atoms. The SMILES string of the molecule is O=C1CC(c2ncc[nH]2)c2ccc(NC(=O)C3CCCC3)cc2N1.O=CO. The van der Waals surface area contributed by atoms with Crippen molar-refractivity contribution in [2.24, 2.45) is 5.92 Å². The minimum atomic E-state index is -0.250. The van der Waals surface area contributed by atoms with Crippen LogP contribution in [0.25, 0.3) is 0 Å². The molecule has 1 aromatic carbocycles. The summed E-state index contributed by atoms with van der Waals surface area (Å²) >= 11 is 0. The fourth-order valence-corrected chi connectivity index (χ4v) is 3.69. The summed E-state index contributed by atoms with van der Waals surface area (Å²) in [6.07, 6.45) is 8.01. The largest absolute Gasteiger partial charge is 0.483 e. The third kappa shape index (κ3) is 4.33. The molecule has 2 aromatic rings. The molecular formula is C19H22N4O4. The molecule has 1 aliphatic carbocycles. The number of carboxylic acid groups (broad SMARTS) is 1. The van der Waals surface area contributed by atoms with Crippen molar-refractivity contribution in [3.63, 3.8) is 0 Å². The van der Waals surface area contributed by atoms with Gasteiger partial charge in [-0.05, 0) is 30.5 Å². The van der Waals surface area contributed by atoms with Crippen molar-refractivity contribution >= 4 is 29.7 Å². The fourth-order valence-electron chi connectivity index (χ4n) is 3.69. The number of anilines is 2. The molecule has 8 nitrogen and oxygen atoms in total. The Kier molecular flexibility index (Phi) is 5.85. The fraction of sp³-hybridized carbons (Fsp3) is 0.368. The maximum absolute atomic E-state index is 12.3. The molecular weight excluding hydrogens is 348 g/mol. The van der Waals surface area contributed by atoms with E-state index in [9.17, 15) is 9.59 Å². The summed E-state index contributed by atoms with van der Waals surface area (Å²) in [5.74, 6) is 0.865. The zero-order valence-electron chi connectivity index (χ0n) is 14.8. The third-order valence-corrected chi connectivity index (χ3v) is 4.94. The quantitative estimate of drug-likeness (QED) is 0.618. The van der Waals surface area contributed by atoms with Crippen molar-refractivity contribution in [1.82, 2.24) is 9.97 Å². The monoisotopic (exact) mass is 370 g/mol. The lowest BCUT2D eigenvalue weighted by atomic mass is 9.89. The number of aromatic amines is 1. The summed E-state index contributed by atoms with van der Waals surface area (Å²) in [6.45, 7) is -0.250. The van der Waals surface area contributed by atoms with Crippen molar-refractivity contribution in [3.05, 3.63) is 42.0 Å². The molecule has 27 heavy (non-hydrogen) atoms. The van der Waals surface area contributed by atoms with Crippen LogP contribution in [-0.2, 0) is 14.4 Å². The van der Waals surface area contributed by atoms with E-state index >= 15 is 0 Å². The van der Waals surface area contributed by atoms with Crippen molar-refractivity contribution in [3.8, 4) is 0 Å². The predicted molar refractivity (Wildman–Crippen MR) is 99.4 cm³/mol. The summed E-state index contributed by atoms with van der Waals surface area (Å²) in [5.41, 5.74) is 2.49. The van der Waals surface area contributed by atoms with E-state index in [1.807, 2.05) is 18.2 Å². The zero-order valence-corrected chi connectivity index (χ0v) is 14.8. The van der Waals surface area contributed by atoms with Crippen LogP contribution in [0.4, 0.5) is 11.4 Å². The second-order valence-electron chi connectivity index (χ2n) is 6.66. The minimum absolute atomic E-state index is 0.0387. The van der Waals surface area contributed by atoms with Gasteiger partial charge in [0.1, 0.15) is 5.82 Å². The lowest BCUT2D eigenvalue weighted by molar-refractivity contribution is -0.123. The maximum Gasteiger partial charge on any atom is 0.290 e. The number of H-pyrrole nitrogens is 1. The molecule has 8 heteroatoms. The Morgan fingerprint density at radius 1 is 1.30 bits per heavy atom. The number of nitrogens with one attached hydrogen (secondary N) is 3. The first-order valence-corrected chi connectivity index (χ1v) is 8.94. The van der Waals surface area contributed by atoms with Crippen LogP contribution < -0.4 is 10.6 Å². The molecule has 1 aliphatic heterocycles. The molecule has 1 unspecified atom stereocenters. The standard InChI is InChI=1S/C18H20N4O2.CH2O2/c23-16-10-14(17-19-7-8-20-17)13-6-5-12(9-15(13)22-16)21-18(24)11-3-1-2-4-11;2-1-3/h5-9,11,14H,1-4,10H2,(H,19,20)(H,21,24)(H,22,23);1H,(H,2,3). The van der Waals surface area contributed by atoms with Gasteiger partial charge in [-0.25, -0.2) is 4.98 Å². The van der Waals surface area contributed by atoms with Crippen LogP contribution in [0.2, 0.25) is 0 Å². The van der Waals surface area contributed by atoms with Crippen LogP contribution in [0.1, 0.15) is 49.4 Å². The Labute approximate surface area is 156 Å². The van der Waals surface area contributed by atoms with E-state index < -0.39 is 0 Å². The highest BCUT2D eigenvalue weighted by Crippen LogP contribution is 2.37. The number of imidazole rings is 1. The minimum Gasteiger partial charge on any atom is -0.483 e. The first-order chi connectivity index (χ1) is 13.1. The number of hydrogen-bond acceptors (Lipinski definition) is 4. The molecule has 1 fully saturated rings. The average molecular weight is 370 g/mol. The first kappa shape index (κ1) is 18.6. The molecule has 1 atom stereocenters. The van der Waals surface area contributed by atoms with E-state index in [1.165, 1.54) is 0 Å². The number of benzene rings is 1. The second-order valence-corrected chi connectivity index (χ2v) is 6.66. The highest BCUT2D eigenvalue weighted by molar-refractivity contribution is 5.98. The molecule has 0 saturated heterocycles. The van der Waals surface area contributed by atoms with Crippen molar-refractivity contribution in [2.45, 2.75) is 38.0 Å². The smallest absolute Gasteiger partial charge is 0.290 e. The van der Waals surface area contributed by atoms with Gasteiger partial charge in [-0.2, -0.15) is 0 Å². The normalized spacial score (nSPS) is 18.7. The van der Waals surface area contributed by atoms with Crippen molar-refractivity contribution in [2.75, 3.05) is 10.6 Å². The van der Waals surface area contributed by atoms with Gasteiger partial charge < -0.3 is 20.7 Å². The molecule has 4 N–H and O–H groups in total. The number of carbonyl (C=O) groups is 3. The molecule has 2 amide bonds. The molecule has 2 aliphatic rings. The highest BCUT2D eigenvalue weighted by atomic mass is 16.3. The Bertz CT molecular complexity index is 813. The lowest BCUT2D eigenvalue weighted by Crippen LogP contribution is -2.25. The maximum atomic E-state index is 12.3. The molecule has 1 aromatic heterocycles. The summed E-state index contributed by atoms with van der Waals surface area (Å²) in [7, 11) is 0. The van der Waals surface area contributed by atoms with Gasteiger partial charge in [-0.15, -0.1) is 0 Å². The molecule has 1 saturated carbocycles. The van der Waals surface area contributed by atoms with Gasteiger partial charge in [0, 0.05) is 36.1 Å². The summed E-state index contributed by atoms with van der Waals surface area (Å²) in [4.78, 5) is 40.1. The Morgan fingerprint density at radius 3 is 2.70 bits per heavy atom. The van der Waals surface area contributed by atoms with Gasteiger partial charge >= 0.3 is 0 Å². The number of carbonyl (C=O) groups excluding carboxylic acids is 2. The van der Waals surface area contributed by atoms with Crippen molar-refractivity contribution < 1.29 is 19.5 Å². The molecule has 0 spiro atoms. The summed E-state index contributed by atoms with van der Waals surface area (Å²) < 4.78 is 0. The topological polar surface area (TPSA) is 124 Å². The third-order valence-electron chi connectivity index (χ3n) is 4.94. The highest BCUT2D eigenvalue weighted by Gasteiger charge is 2.29. The van der Waals surface area contributed by atoms with Gasteiger partial charge in [0.15, 0.2) is 0 Å². The number of rotatable bonds is 3. The van der Waals surface area contributed by atoms with E-state index in [0.29, 0.717) is 6.42 Å². The van der Waals surface area contributed by atoms with Crippen molar-refractivity contribution in [1.29, 1.82) is 0 Å². The van der Waals surface area contributed by atoms with Crippen LogP contribution in [0.3, 0.4) is 0 Å². The Morgan fingerprint density at radius 2 is 2.04 bits per heavy atom. The molecule has 142 valence electrons. The van der Waals surface area contributed by atoms with Crippen LogP contribution in [0.5, 0.6) is 0 Å². The number of fused-ring (bicyclic) bond motifs is 1. The van der Waals surface area contributed by atoms with Crippen LogP contribution >= 0.6 is 0 Å². The molecule has 4 rings (SSSR count). The van der Waals surface area contributed by atoms with Gasteiger partial charge in [0.2, 0.25) is 11.8 Å². The summed E-state index contributed by atoms with van der Waals surface area (Å²) in [5, 5.41) is 12.8. The summed E-state index contributed by atoms with van der Waals surface area (Å²) in [6, 6.07) is 5.71. The average Bonchev–Trinajstić information content (AvgIpc) is 3.35. The van der Waals surface area contributed by atoms with Gasteiger partial charge in [0.25, 0.3) is 6.47 Å². The Hall–Kier alpha value is -3.16. The van der Waals surface area contributed by atoms with E-state index in [2.05, 4.69) is 20.6 Å². The van der Waals surface area contributed by atoms with Gasteiger partial charge in [-0.3, -0.25) is 14.4 Å². The molecule has 2 heterocycles. The van der Waals surface area contributed by atoms with E-state index in [-0.39, 0.29) is 30.1 Å².